The standard InChI is InChI=1S/C44H60N6O9/c1-8-22-50-28-34(47-48-50)33-16-12-13-30(26-33)20-25-55-36(31-14-10-9-11-15-31)27-37(51)45-21-24-49(41(53)58-43(2,3)4)23-19-32-17-18-35(57-42(54)59-44(5,6)7)39-40(32)56-29-38(52)46-39/h8,12-13,16-18,26,28,31,36H,1,9-11,14-15,19-25,27,29H2,2-7H3,(H,45,51)(H,46,52). The van der Waals surface area contributed by atoms with Crippen molar-refractivity contribution in [2.75, 3.05) is 38.2 Å². The van der Waals surface area contributed by atoms with Crippen LogP contribution in [0.2, 0.25) is 0 Å². The van der Waals surface area contributed by atoms with Crippen LogP contribution >= 0.6 is 0 Å². The molecule has 15 heteroatoms. The molecular formula is C44H60N6O9. The molecule has 2 heterocycles. The minimum absolute atomic E-state index is 0.0731. The molecule has 1 fully saturated rings. The molecule has 2 aromatic carbocycles. The topological polar surface area (TPSA) is 172 Å². The molecule has 2 N–H and O–H groups in total. The lowest BCUT2D eigenvalue weighted by Crippen LogP contribution is -2.43. The molecule has 15 nitrogen and oxygen atoms in total. The maximum absolute atomic E-state index is 13.5. The Hall–Kier alpha value is -5.44. The van der Waals surface area contributed by atoms with Crippen LogP contribution in [0.15, 0.2) is 55.3 Å². The predicted octanol–water partition coefficient (Wildman–Crippen LogP) is 7.27. The van der Waals surface area contributed by atoms with Gasteiger partial charge in [-0.05, 0) is 96.4 Å². The van der Waals surface area contributed by atoms with Crippen LogP contribution in [0.5, 0.6) is 11.5 Å². The van der Waals surface area contributed by atoms with Crippen molar-refractivity contribution in [1.29, 1.82) is 0 Å². The number of fused-ring (bicyclic) bond motifs is 1. The molecule has 0 bridgehead atoms. The van der Waals surface area contributed by atoms with Gasteiger partial charge in [0.15, 0.2) is 18.1 Å². The highest BCUT2D eigenvalue weighted by molar-refractivity contribution is 5.98. The molecule has 1 aliphatic heterocycles. The first kappa shape index (κ1) is 44.7. The first-order valence-corrected chi connectivity index (χ1v) is 20.5. The van der Waals surface area contributed by atoms with E-state index in [2.05, 4.69) is 39.7 Å². The Balaban J connectivity index is 1.19. The number of anilines is 1. The van der Waals surface area contributed by atoms with E-state index in [-0.39, 0.29) is 62.0 Å². The molecule has 5 rings (SSSR count). The van der Waals surface area contributed by atoms with Crippen LogP contribution in [0, 0.1) is 5.92 Å². The third-order valence-corrected chi connectivity index (χ3v) is 9.76. The van der Waals surface area contributed by atoms with Gasteiger partial charge in [-0.1, -0.05) is 54.8 Å². The summed E-state index contributed by atoms with van der Waals surface area (Å²) in [5.74, 6) is 0.145. The zero-order chi connectivity index (χ0) is 42.6. The molecule has 1 aliphatic carbocycles. The summed E-state index contributed by atoms with van der Waals surface area (Å²) in [6, 6.07) is 11.4. The van der Waals surface area contributed by atoms with E-state index in [1.165, 1.54) is 11.3 Å². The highest BCUT2D eigenvalue weighted by Crippen LogP contribution is 2.40. The van der Waals surface area contributed by atoms with E-state index in [0.29, 0.717) is 37.3 Å². The quantitative estimate of drug-likeness (QED) is 0.0798. The summed E-state index contributed by atoms with van der Waals surface area (Å²) in [7, 11) is 0. The van der Waals surface area contributed by atoms with E-state index in [4.69, 9.17) is 23.7 Å². The number of amides is 3. The van der Waals surface area contributed by atoms with Crippen molar-refractivity contribution in [2.24, 2.45) is 5.92 Å². The van der Waals surface area contributed by atoms with E-state index in [1.807, 2.05) is 18.3 Å². The van der Waals surface area contributed by atoms with Gasteiger partial charge >= 0.3 is 12.2 Å². The minimum Gasteiger partial charge on any atom is -0.481 e. The molecule has 1 aromatic heterocycles. The van der Waals surface area contributed by atoms with Crippen LogP contribution in [-0.2, 0) is 43.2 Å². The summed E-state index contributed by atoms with van der Waals surface area (Å²) in [5.41, 5.74) is 2.22. The lowest BCUT2D eigenvalue weighted by Gasteiger charge is -2.30. The van der Waals surface area contributed by atoms with Gasteiger partial charge in [-0.25, -0.2) is 14.3 Å². The summed E-state index contributed by atoms with van der Waals surface area (Å²) < 4.78 is 30.5. The third-order valence-electron chi connectivity index (χ3n) is 9.76. The Labute approximate surface area is 347 Å². The smallest absolute Gasteiger partial charge is 0.481 e. The van der Waals surface area contributed by atoms with Crippen LogP contribution < -0.4 is 20.1 Å². The second-order valence-electron chi connectivity index (χ2n) is 17.0. The normalized spacial score (nSPS) is 14.9. The Bertz CT molecular complexity index is 1930. The van der Waals surface area contributed by atoms with Crippen molar-refractivity contribution >= 4 is 29.8 Å². The van der Waals surface area contributed by atoms with Gasteiger partial charge in [0, 0.05) is 25.2 Å². The highest BCUT2D eigenvalue weighted by Gasteiger charge is 2.29. The van der Waals surface area contributed by atoms with E-state index in [1.54, 1.807) is 64.4 Å². The number of allylic oxidation sites excluding steroid dienone is 1. The number of aromatic nitrogens is 3. The summed E-state index contributed by atoms with van der Waals surface area (Å²) in [4.78, 5) is 53.1. The first-order valence-electron chi connectivity index (χ1n) is 20.5. The number of hydrogen-bond acceptors (Lipinski definition) is 11. The fraction of sp³-hybridized carbons (Fsp3) is 0.545. The van der Waals surface area contributed by atoms with Gasteiger partial charge in [0.25, 0.3) is 5.91 Å². The molecule has 320 valence electrons. The number of nitrogens with zero attached hydrogens (tertiary/aromatic N) is 4. The zero-order valence-electron chi connectivity index (χ0n) is 35.3. The van der Waals surface area contributed by atoms with Crippen molar-refractivity contribution in [3.8, 4) is 22.8 Å². The van der Waals surface area contributed by atoms with E-state index >= 15 is 0 Å². The molecule has 0 saturated heterocycles. The molecule has 3 aromatic rings. The molecule has 1 saturated carbocycles. The summed E-state index contributed by atoms with van der Waals surface area (Å²) in [5, 5.41) is 14.2. The van der Waals surface area contributed by atoms with E-state index in [0.717, 1.165) is 42.5 Å². The molecule has 2 aliphatic rings. The van der Waals surface area contributed by atoms with Crippen LogP contribution in [0.25, 0.3) is 11.3 Å². The molecule has 0 spiro atoms. The number of benzene rings is 2. The van der Waals surface area contributed by atoms with Crippen molar-refractivity contribution in [1.82, 2.24) is 25.2 Å². The molecule has 0 radical (unpaired) electrons. The largest absolute Gasteiger partial charge is 0.514 e. The molecule has 3 amide bonds. The van der Waals surface area contributed by atoms with E-state index < -0.39 is 29.4 Å². The van der Waals surface area contributed by atoms with Gasteiger partial charge in [0.05, 0.1) is 31.9 Å². The van der Waals surface area contributed by atoms with Crippen LogP contribution in [0.3, 0.4) is 0 Å². The monoisotopic (exact) mass is 816 g/mol. The number of ether oxygens (including phenoxy) is 5. The van der Waals surface area contributed by atoms with Gasteiger partial charge in [-0.15, -0.1) is 11.7 Å². The second kappa shape index (κ2) is 20.5. The Morgan fingerprint density at radius 2 is 1.80 bits per heavy atom. The Morgan fingerprint density at radius 3 is 2.53 bits per heavy atom. The number of hydrogen-bond donors (Lipinski definition) is 2. The first-order chi connectivity index (χ1) is 28.1. The minimum atomic E-state index is -0.925. The van der Waals surface area contributed by atoms with Gasteiger partial charge in [-0.2, -0.15) is 0 Å². The lowest BCUT2D eigenvalue weighted by molar-refractivity contribution is -0.125. The van der Waals surface area contributed by atoms with Gasteiger partial charge in [0.1, 0.15) is 22.6 Å². The molecular weight excluding hydrogens is 757 g/mol. The number of nitrogens with one attached hydrogen (secondary N) is 2. The predicted molar refractivity (Wildman–Crippen MR) is 222 cm³/mol. The molecule has 1 atom stereocenters. The molecule has 59 heavy (non-hydrogen) atoms. The zero-order valence-corrected chi connectivity index (χ0v) is 35.3. The van der Waals surface area contributed by atoms with Crippen LogP contribution in [-0.4, -0.2) is 94.1 Å². The fourth-order valence-corrected chi connectivity index (χ4v) is 7.04. The van der Waals surface area contributed by atoms with Gasteiger partial charge in [-0.3, -0.25) is 9.59 Å². The molecule has 1 unspecified atom stereocenters. The lowest BCUT2D eigenvalue weighted by atomic mass is 9.84. The Morgan fingerprint density at radius 1 is 1.03 bits per heavy atom. The summed E-state index contributed by atoms with van der Waals surface area (Å²) in [6.45, 7) is 15.7. The van der Waals surface area contributed by atoms with Crippen LogP contribution in [0.4, 0.5) is 15.3 Å². The third kappa shape index (κ3) is 14.1. The maximum atomic E-state index is 13.5. The summed E-state index contributed by atoms with van der Waals surface area (Å²) >= 11 is 0. The Kier molecular flexibility index (Phi) is 15.5. The van der Waals surface area contributed by atoms with E-state index in [9.17, 15) is 19.2 Å². The number of carbonyl (C=O) groups is 4. The average molecular weight is 817 g/mol. The maximum Gasteiger partial charge on any atom is 0.514 e. The SMILES string of the molecule is C=CCn1cc(-c2cccc(CCOC(CC(=O)NCCN(CCc3ccc(OC(=O)OC(C)(C)C)c4c3OCC(=O)N4)C(=O)OC(C)(C)C)C3CCCCC3)c2)nn1. The van der Waals surface area contributed by atoms with Crippen LogP contribution in [0.1, 0.15) is 91.2 Å². The van der Waals surface area contributed by atoms with Crippen molar-refractivity contribution < 1.29 is 42.9 Å². The highest BCUT2D eigenvalue weighted by atomic mass is 16.7. The summed E-state index contributed by atoms with van der Waals surface area (Å²) in [6.07, 6.45) is 8.66. The van der Waals surface area contributed by atoms with Crippen molar-refractivity contribution in [3.05, 3.63) is 66.4 Å². The number of rotatable bonds is 17. The number of carbonyl (C=O) groups excluding carboxylic acids is 4. The van der Waals surface area contributed by atoms with Gasteiger partial charge in [0.2, 0.25) is 5.91 Å². The average Bonchev–Trinajstić information content (AvgIpc) is 3.64. The van der Waals surface area contributed by atoms with Crippen molar-refractivity contribution in [3.63, 3.8) is 0 Å². The fourth-order valence-electron chi connectivity index (χ4n) is 7.04. The second-order valence-corrected chi connectivity index (χ2v) is 17.0. The van der Waals surface area contributed by atoms with Gasteiger partial charge < -0.3 is 39.2 Å². The van der Waals surface area contributed by atoms with Crippen molar-refractivity contribution in [2.45, 2.75) is 117 Å².